The quantitative estimate of drug-likeness (QED) is 0.662. The minimum atomic E-state index is -0.528. The van der Waals surface area contributed by atoms with Gasteiger partial charge in [-0.25, -0.2) is 0 Å². The molecule has 0 saturated carbocycles. The fourth-order valence-electron chi connectivity index (χ4n) is 1.23. The Bertz CT molecular complexity index is 432. The van der Waals surface area contributed by atoms with Gasteiger partial charge in [-0.15, -0.1) is 0 Å². The van der Waals surface area contributed by atoms with E-state index >= 15 is 0 Å². The lowest BCUT2D eigenvalue weighted by Gasteiger charge is -2.05. The first-order chi connectivity index (χ1) is 6.99. The molecule has 6 heteroatoms. The number of halogens is 1. The first-order valence-electron chi connectivity index (χ1n) is 4.00. The Morgan fingerprint density at radius 3 is 2.67 bits per heavy atom. The highest BCUT2D eigenvalue weighted by Gasteiger charge is 2.21. The predicted octanol–water partition coefficient (Wildman–Crippen LogP) is 2.19. The Morgan fingerprint density at radius 2 is 2.20 bits per heavy atom. The van der Waals surface area contributed by atoms with Crippen LogP contribution in [0.5, 0.6) is 0 Å². The van der Waals surface area contributed by atoms with Crippen LogP contribution in [0.4, 0.5) is 5.69 Å². The summed E-state index contributed by atoms with van der Waals surface area (Å²) in [5.74, 6) is -0.442. The van der Waals surface area contributed by atoms with Gasteiger partial charge in [-0.05, 0) is 35.0 Å². The molecule has 0 saturated heterocycles. The number of hydrogen-bond donors (Lipinski definition) is 1. The standard InChI is InChI=1S/C9H8BrN2O3/c1-5-6(9(13)11-2)3-4-7(10)8(5)12(14)15/h3-4H,2H2,1H3,(H,11,13). The molecular formula is C9H8BrN2O3. The molecule has 1 aromatic rings. The minimum absolute atomic E-state index is 0.101. The summed E-state index contributed by atoms with van der Waals surface area (Å²) in [7, 11) is 3.22. The average molecular weight is 272 g/mol. The molecule has 79 valence electrons. The van der Waals surface area contributed by atoms with E-state index in [-0.39, 0.29) is 11.3 Å². The largest absolute Gasteiger partial charge is 0.350 e. The lowest BCUT2D eigenvalue weighted by molar-refractivity contribution is -0.386. The second kappa shape index (κ2) is 4.39. The molecule has 15 heavy (non-hydrogen) atoms. The van der Waals surface area contributed by atoms with Crippen molar-refractivity contribution < 1.29 is 9.72 Å². The van der Waals surface area contributed by atoms with E-state index in [0.717, 1.165) is 0 Å². The number of benzene rings is 1. The maximum absolute atomic E-state index is 11.3. The molecule has 1 amide bonds. The van der Waals surface area contributed by atoms with Crippen molar-refractivity contribution in [2.75, 3.05) is 0 Å². The summed E-state index contributed by atoms with van der Waals surface area (Å²) in [5.41, 5.74) is 0.464. The highest BCUT2D eigenvalue weighted by molar-refractivity contribution is 9.10. The third-order valence-corrected chi connectivity index (χ3v) is 2.61. The maximum Gasteiger partial charge on any atom is 0.287 e. The third-order valence-electron chi connectivity index (χ3n) is 1.97. The van der Waals surface area contributed by atoms with Gasteiger partial charge in [0.2, 0.25) is 0 Å². The number of hydrogen-bond acceptors (Lipinski definition) is 3. The zero-order chi connectivity index (χ0) is 11.6. The molecule has 0 aromatic heterocycles. The molecule has 0 unspecified atom stereocenters. The summed E-state index contributed by atoms with van der Waals surface area (Å²) in [6, 6.07) is 2.97. The van der Waals surface area contributed by atoms with Gasteiger partial charge in [0.15, 0.2) is 0 Å². The molecule has 1 N–H and O–H groups in total. The van der Waals surface area contributed by atoms with E-state index in [2.05, 4.69) is 28.3 Å². The summed E-state index contributed by atoms with van der Waals surface area (Å²) in [6.07, 6.45) is 0. The molecular weight excluding hydrogens is 264 g/mol. The molecule has 0 bridgehead atoms. The number of amides is 1. The van der Waals surface area contributed by atoms with E-state index in [4.69, 9.17) is 0 Å². The normalized spacial score (nSPS) is 9.80. The molecule has 1 aromatic carbocycles. The molecule has 0 aliphatic carbocycles. The van der Waals surface area contributed by atoms with Crippen LogP contribution in [0.3, 0.4) is 0 Å². The van der Waals surface area contributed by atoms with E-state index in [1.807, 2.05) is 0 Å². The van der Waals surface area contributed by atoms with Gasteiger partial charge in [-0.3, -0.25) is 14.9 Å². The maximum atomic E-state index is 11.3. The van der Waals surface area contributed by atoms with Gasteiger partial charge in [-0.1, -0.05) is 0 Å². The predicted molar refractivity (Wildman–Crippen MR) is 58.4 cm³/mol. The SMILES string of the molecule is [CH2]NC(=O)c1ccc(Br)c([N+](=O)[O-])c1C. The van der Waals surface area contributed by atoms with Crippen molar-refractivity contribution in [3.8, 4) is 0 Å². The molecule has 0 aliphatic rings. The van der Waals surface area contributed by atoms with E-state index in [1.54, 1.807) is 0 Å². The number of nitrogens with zero attached hydrogens (tertiary/aromatic N) is 1. The van der Waals surface area contributed by atoms with Crippen molar-refractivity contribution in [3.63, 3.8) is 0 Å². The van der Waals surface area contributed by atoms with Crippen LogP contribution in [0, 0.1) is 24.1 Å². The lowest BCUT2D eigenvalue weighted by atomic mass is 10.1. The summed E-state index contributed by atoms with van der Waals surface area (Å²) >= 11 is 3.06. The Kier molecular flexibility index (Phi) is 3.41. The van der Waals surface area contributed by atoms with Crippen molar-refractivity contribution in [1.29, 1.82) is 0 Å². The Hall–Kier alpha value is -1.43. The van der Waals surface area contributed by atoms with Crippen LogP contribution in [0.25, 0.3) is 0 Å². The fourth-order valence-corrected chi connectivity index (χ4v) is 1.81. The topological polar surface area (TPSA) is 72.2 Å². The minimum Gasteiger partial charge on any atom is -0.350 e. The van der Waals surface area contributed by atoms with Crippen molar-refractivity contribution in [1.82, 2.24) is 5.32 Å². The second-order valence-electron chi connectivity index (χ2n) is 2.83. The highest BCUT2D eigenvalue weighted by atomic mass is 79.9. The number of nitro groups is 1. The molecule has 0 heterocycles. The van der Waals surface area contributed by atoms with Gasteiger partial charge >= 0.3 is 0 Å². The number of nitro benzene ring substituents is 1. The summed E-state index contributed by atoms with van der Waals surface area (Å²) in [6.45, 7) is 1.52. The highest BCUT2D eigenvalue weighted by Crippen LogP contribution is 2.30. The van der Waals surface area contributed by atoms with Gasteiger partial charge in [0.05, 0.1) is 9.40 Å². The van der Waals surface area contributed by atoms with Crippen molar-refractivity contribution in [2.24, 2.45) is 0 Å². The van der Waals surface area contributed by atoms with Crippen LogP contribution in [0.1, 0.15) is 15.9 Å². The number of nitrogens with one attached hydrogen (secondary N) is 1. The zero-order valence-electron chi connectivity index (χ0n) is 7.91. The number of carbonyl (C=O) groups excluding carboxylic acids is 1. The van der Waals surface area contributed by atoms with E-state index in [9.17, 15) is 14.9 Å². The third kappa shape index (κ3) is 2.15. The molecule has 0 atom stereocenters. The summed E-state index contributed by atoms with van der Waals surface area (Å²) in [5, 5.41) is 12.9. The van der Waals surface area contributed by atoms with Gasteiger partial charge in [0, 0.05) is 18.2 Å². The molecule has 0 spiro atoms. The van der Waals surface area contributed by atoms with Gasteiger partial charge in [0.25, 0.3) is 11.6 Å². The van der Waals surface area contributed by atoms with E-state index in [0.29, 0.717) is 10.0 Å². The number of rotatable bonds is 2. The lowest BCUT2D eigenvalue weighted by Crippen LogP contribution is -2.17. The molecule has 1 rings (SSSR count). The number of carbonyl (C=O) groups is 1. The monoisotopic (exact) mass is 271 g/mol. The van der Waals surface area contributed by atoms with Gasteiger partial charge in [0.1, 0.15) is 0 Å². The summed E-state index contributed by atoms with van der Waals surface area (Å²) in [4.78, 5) is 21.5. The van der Waals surface area contributed by atoms with Crippen LogP contribution >= 0.6 is 15.9 Å². The zero-order valence-corrected chi connectivity index (χ0v) is 9.50. The van der Waals surface area contributed by atoms with Crippen molar-refractivity contribution >= 4 is 27.5 Å². The smallest absolute Gasteiger partial charge is 0.287 e. The van der Waals surface area contributed by atoms with Crippen LogP contribution < -0.4 is 5.32 Å². The molecule has 1 radical (unpaired) electrons. The fraction of sp³-hybridized carbons (Fsp3) is 0.111. The Balaban J connectivity index is 3.41. The first-order valence-corrected chi connectivity index (χ1v) is 4.79. The van der Waals surface area contributed by atoms with Crippen molar-refractivity contribution in [2.45, 2.75) is 6.92 Å². The first kappa shape index (κ1) is 11.6. The van der Waals surface area contributed by atoms with Gasteiger partial charge in [-0.2, -0.15) is 0 Å². The van der Waals surface area contributed by atoms with Gasteiger partial charge < -0.3 is 5.32 Å². The van der Waals surface area contributed by atoms with Crippen LogP contribution in [-0.4, -0.2) is 10.8 Å². The van der Waals surface area contributed by atoms with Crippen LogP contribution in [0.15, 0.2) is 16.6 Å². The molecule has 5 nitrogen and oxygen atoms in total. The van der Waals surface area contributed by atoms with Crippen LogP contribution in [0.2, 0.25) is 0 Å². The molecule has 0 fully saturated rings. The van der Waals surface area contributed by atoms with E-state index in [1.165, 1.54) is 19.1 Å². The Morgan fingerprint density at radius 1 is 1.60 bits per heavy atom. The average Bonchev–Trinajstić information content (AvgIpc) is 2.16. The Labute approximate surface area is 94.8 Å². The molecule has 0 aliphatic heterocycles. The summed E-state index contributed by atoms with van der Waals surface area (Å²) < 4.78 is 0.352. The second-order valence-corrected chi connectivity index (χ2v) is 3.69. The van der Waals surface area contributed by atoms with Crippen LogP contribution in [-0.2, 0) is 0 Å². The van der Waals surface area contributed by atoms with E-state index < -0.39 is 10.8 Å². The van der Waals surface area contributed by atoms with Crippen molar-refractivity contribution in [3.05, 3.63) is 44.9 Å².